The van der Waals surface area contributed by atoms with Crippen LogP contribution in [-0.4, -0.2) is 13.0 Å². The van der Waals surface area contributed by atoms with Crippen LogP contribution in [0.15, 0.2) is 48.5 Å². The molecule has 3 nitrogen and oxygen atoms in total. The van der Waals surface area contributed by atoms with Crippen molar-refractivity contribution < 1.29 is 4.79 Å². The number of hydrogen-bond acceptors (Lipinski definition) is 2. The second-order valence-electron chi connectivity index (χ2n) is 3.96. The summed E-state index contributed by atoms with van der Waals surface area (Å²) in [5.41, 5.74) is 4.00. The molecule has 0 radical (unpaired) electrons. The topological polar surface area (TPSA) is 32.3 Å². The molecule has 1 amide bonds. The maximum atomic E-state index is 12.1. The maximum absolute atomic E-state index is 12.1. The lowest BCUT2D eigenvalue weighted by Crippen LogP contribution is -2.39. The summed E-state index contributed by atoms with van der Waals surface area (Å²) in [5, 5.41) is 2.46. The van der Waals surface area contributed by atoms with Gasteiger partial charge >= 0.3 is 0 Å². The molecule has 0 aliphatic carbocycles. The number of hydrogen-bond donors (Lipinski definition) is 1. The number of benzene rings is 2. The highest BCUT2D eigenvalue weighted by molar-refractivity contribution is 6.36. The number of halogens is 2. The van der Waals surface area contributed by atoms with Crippen LogP contribution >= 0.6 is 23.2 Å². The third kappa shape index (κ3) is 3.40. The predicted molar refractivity (Wildman–Crippen MR) is 78.8 cm³/mol. The summed E-state index contributed by atoms with van der Waals surface area (Å²) in [6, 6.07) is 14.3. The molecule has 2 rings (SSSR count). The van der Waals surface area contributed by atoms with Gasteiger partial charge in [-0.25, -0.2) is 0 Å². The molecule has 0 aromatic heterocycles. The Labute approximate surface area is 121 Å². The molecule has 0 unspecified atom stereocenters. The van der Waals surface area contributed by atoms with Crippen molar-refractivity contribution in [3.63, 3.8) is 0 Å². The highest BCUT2D eigenvalue weighted by Gasteiger charge is 2.12. The summed E-state index contributed by atoms with van der Waals surface area (Å²) >= 11 is 11.8. The fraction of sp³-hybridized carbons (Fsp3) is 0.0714. The number of rotatable bonds is 3. The molecule has 0 saturated carbocycles. The molecule has 2 aromatic rings. The van der Waals surface area contributed by atoms with Crippen LogP contribution in [0.1, 0.15) is 10.4 Å². The van der Waals surface area contributed by atoms with Gasteiger partial charge in [0, 0.05) is 12.1 Å². The van der Waals surface area contributed by atoms with Gasteiger partial charge in [0.2, 0.25) is 0 Å². The number of nitrogens with one attached hydrogen (secondary N) is 1. The monoisotopic (exact) mass is 294 g/mol. The molecular formula is C14H12Cl2N2O. The number of nitrogens with zero attached hydrogens (tertiary/aromatic N) is 1. The average Bonchev–Trinajstić information content (AvgIpc) is 2.39. The van der Waals surface area contributed by atoms with Crippen LogP contribution in [0.2, 0.25) is 10.0 Å². The average molecular weight is 295 g/mol. The Hall–Kier alpha value is -1.71. The van der Waals surface area contributed by atoms with E-state index in [2.05, 4.69) is 5.43 Å². The van der Waals surface area contributed by atoms with E-state index in [1.807, 2.05) is 30.3 Å². The fourth-order valence-corrected chi connectivity index (χ4v) is 2.10. The SMILES string of the molecule is CN(NC(=O)c1ccc(Cl)cc1Cl)c1ccccc1. The van der Waals surface area contributed by atoms with Gasteiger partial charge in [-0.15, -0.1) is 0 Å². The summed E-state index contributed by atoms with van der Waals surface area (Å²) < 4.78 is 0. The van der Waals surface area contributed by atoms with E-state index in [1.165, 1.54) is 0 Å². The van der Waals surface area contributed by atoms with Gasteiger partial charge in [0.15, 0.2) is 0 Å². The number of para-hydroxylation sites is 1. The van der Waals surface area contributed by atoms with Crippen molar-refractivity contribution in [3.8, 4) is 0 Å². The molecule has 2 aromatic carbocycles. The molecule has 0 aliphatic rings. The van der Waals surface area contributed by atoms with Crippen LogP contribution in [0.3, 0.4) is 0 Å². The van der Waals surface area contributed by atoms with Crippen molar-refractivity contribution in [3.05, 3.63) is 64.1 Å². The van der Waals surface area contributed by atoms with Crippen molar-refractivity contribution in [1.82, 2.24) is 5.43 Å². The van der Waals surface area contributed by atoms with Crippen LogP contribution in [0.25, 0.3) is 0 Å². The maximum Gasteiger partial charge on any atom is 0.271 e. The van der Waals surface area contributed by atoms with E-state index in [9.17, 15) is 4.79 Å². The Balaban J connectivity index is 2.13. The minimum absolute atomic E-state index is 0.284. The normalized spacial score (nSPS) is 10.1. The van der Waals surface area contributed by atoms with Crippen LogP contribution < -0.4 is 10.4 Å². The Morgan fingerprint density at radius 1 is 1.11 bits per heavy atom. The van der Waals surface area contributed by atoms with Gasteiger partial charge in [0.05, 0.1) is 16.3 Å². The van der Waals surface area contributed by atoms with Gasteiger partial charge in [0.1, 0.15) is 0 Å². The number of anilines is 1. The molecule has 19 heavy (non-hydrogen) atoms. The summed E-state index contributed by atoms with van der Waals surface area (Å²) in [6.45, 7) is 0. The summed E-state index contributed by atoms with van der Waals surface area (Å²) in [7, 11) is 1.76. The van der Waals surface area contributed by atoms with Crippen molar-refractivity contribution in [1.29, 1.82) is 0 Å². The number of carbonyl (C=O) groups is 1. The van der Waals surface area contributed by atoms with Gasteiger partial charge in [0.25, 0.3) is 5.91 Å². The Bertz CT molecular complexity index is 587. The third-order valence-electron chi connectivity index (χ3n) is 2.59. The van der Waals surface area contributed by atoms with Gasteiger partial charge in [-0.2, -0.15) is 0 Å². The van der Waals surface area contributed by atoms with Crippen LogP contribution in [-0.2, 0) is 0 Å². The van der Waals surface area contributed by atoms with Crippen molar-refractivity contribution in [2.24, 2.45) is 0 Å². The number of hydrazine groups is 1. The van der Waals surface area contributed by atoms with Gasteiger partial charge in [-0.05, 0) is 30.3 Å². The fourth-order valence-electron chi connectivity index (χ4n) is 1.60. The van der Waals surface area contributed by atoms with Crippen molar-refractivity contribution in [2.75, 3.05) is 12.1 Å². The quantitative estimate of drug-likeness (QED) is 0.874. The zero-order valence-corrected chi connectivity index (χ0v) is 11.7. The third-order valence-corrected chi connectivity index (χ3v) is 3.14. The summed E-state index contributed by atoms with van der Waals surface area (Å²) in [5.74, 6) is -0.284. The second-order valence-corrected chi connectivity index (χ2v) is 4.80. The van der Waals surface area contributed by atoms with Crippen LogP contribution in [0.5, 0.6) is 0 Å². The first-order valence-corrected chi connectivity index (χ1v) is 6.38. The first-order valence-electron chi connectivity index (χ1n) is 5.63. The predicted octanol–water partition coefficient (Wildman–Crippen LogP) is 3.77. The molecule has 0 heterocycles. The van der Waals surface area contributed by atoms with Crippen molar-refractivity contribution in [2.45, 2.75) is 0 Å². The van der Waals surface area contributed by atoms with E-state index in [1.54, 1.807) is 30.3 Å². The molecule has 0 spiro atoms. The molecule has 0 bridgehead atoms. The molecule has 0 saturated heterocycles. The lowest BCUT2D eigenvalue weighted by atomic mass is 10.2. The molecule has 98 valence electrons. The van der Waals surface area contributed by atoms with E-state index in [0.717, 1.165) is 5.69 Å². The van der Waals surface area contributed by atoms with E-state index < -0.39 is 0 Å². The molecule has 0 aliphatic heterocycles. The second kappa shape index (κ2) is 5.95. The summed E-state index contributed by atoms with van der Waals surface area (Å²) in [6.07, 6.45) is 0. The summed E-state index contributed by atoms with van der Waals surface area (Å²) in [4.78, 5) is 12.1. The zero-order valence-electron chi connectivity index (χ0n) is 10.2. The van der Waals surface area contributed by atoms with E-state index in [4.69, 9.17) is 23.2 Å². The highest BCUT2D eigenvalue weighted by atomic mass is 35.5. The van der Waals surface area contributed by atoms with Gasteiger partial charge in [-0.1, -0.05) is 41.4 Å². The number of amides is 1. The molecule has 0 atom stereocenters. The van der Waals surface area contributed by atoms with Gasteiger partial charge in [-0.3, -0.25) is 15.2 Å². The Morgan fingerprint density at radius 2 is 1.79 bits per heavy atom. The first-order chi connectivity index (χ1) is 9.08. The molecule has 1 N–H and O–H groups in total. The van der Waals surface area contributed by atoms with E-state index in [0.29, 0.717) is 15.6 Å². The van der Waals surface area contributed by atoms with Crippen molar-refractivity contribution >= 4 is 34.8 Å². The number of carbonyl (C=O) groups excluding carboxylic acids is 1. The van der Waals surface area contributed by atoms with E-state index >= 15 is 0 Å². The lowest BCUT2D eigenvalue weighted by molar-refractivity contribution is 0.0951. The largest absolute Gasteiger partial charge is 0.288 e. The highest BCUT2D eigenvalue weighted by Crippen LogP contribution is 2.21. The van der Waals surface area contributed by atoms with Crippen LogP contribution in [0.4, 0.5) is 5.69 Å². The Kier molecular flexibility index (Phi) is 4.30. The lowest BCUT2D eigenvalue weighted by Gasteiger charge is -2.20. The first kappa shape index (κ1) is 13.7. The smallest absolute Gasteiger partial charge is 0.271 e. The minimum Gasteiger partial charge on any atom is -0.288 e. The molecule has 5 heteroatoms. The zero-order chi connectivity index (χ0) is 13.8. The standard InChI is InChI=1S/C14H12Cl2N2O/c1-18(11-5-3-2-4-6-11)17-14(19)12-8-7-10(15)9-13(12)16/h2-9H,1H3,(H,17,19). The molecule has 0 fully saturated rings. The molecular weight excluding hydrogens is 283 g/mol. The minimum atomic E-state index is -0.284. The van der Waals surface area contributed by atoms with E-state index in [-0.39, 0.29) is 5.91 Å². The van der Waals surface area contributed by atoms with Crippen LogP contribution in [0, 0.1) is 0 Å². The van der Waals surface area contributed by atoms with Gasteiger partial charge < -0.3 is 0 Å². The Morgan fingerprint density at radius 3 is 2.42 bits per heavy atom.